The first-order chi connectivity index (χ1) is 10.2. The molecule has 1 fully saturated rings. The third kappa shape index (κ3) is 3.62. The number of anilines is 1. The molecule has 124 valence electrons. The Bertz CT molecular complexity index is 637. The normalized spacial score (nSPS) is 30.9. The van der Waals surface area contributed by atoms with Gasteiger partial charge in [0.15, 0.2) is 6.29 Å². The number of nitrogen functional groups attached to an aromatic ring is 1. The third-order valence-electron chi connectivity index (χ3n) is 2.72. The molecule has 5 atom stereocenters. The summed E-state index contributed by atoms with van der Waals surface area (Å²) < 4.78 is 25.9. The van der Waals surface area contributed by atoms with Crippen LogP contribution in [-0.4, -0.2) is 61.1 Å². The van der Waals surface area contributed by atoms with Crippen molar-refractivity contribution in [3.05, 3.63) is 22.7 Å². The summed E-state index contributed by atoms with van der Waals surface area (Å²) in [4.78, 5) is 24.2. The van der Waals surface area contributed by atoms with E-state index < -0.39 is 44.7 Å². The van der Waals surface area contributed by atoms with Crippen LogP contribution in [0.2, 0.25) is 0 Å². The Morgan fingerprint density at radius 1 is 1.45 bits per heavy atom. The van der Waals surface area contributed by atoms with E-state index in [0.29, 0.717) is 4.73 Å². The highest BCUT2D eigenvalue weighted by molar-refractivity contribution is 7.47. The second-order valence-corrected chi connectivity index (χ2v) is 5.63. The molecular weight excluding hydrogens is 325 g/mol. The van der Waals surface area contributed by atoms with Crippen LogP contribution in [0.4, 0.5) is 5.82 Å². The molecule has 0 aromatic carbocycles. The fourth-order valence-electron chi connectivity index (χ4n) is 1.68. The van der Waals surface area contributed by atoms with E-state index in [0.717, 1.165) is 12.3 Å². The van der Waals surface area contributed by atoms with Crippen LogP contribution in [0.1, 0.15) is 0 Å². The Morgan fingerprint density at radius 2 is 2.14 bits per heavy atom. The summed E-state index contributed by atoms with van der Waals surface area (Å²) >= 11 is 0. The summed E-state index contributed by atoms with van der Waals surface area (Å²) in [6, 6.07) is 1.13. The maximum atomic E-state index is 11.8. The van der Waals surface area contributed by atoms with Crippen LogP contribution in [0.25, 0.3) is 0 Å². The molecule has 0 bridgehead atoms. The molecule has 13 heteroatoms. The summed E-state index contributed by atoms with van der Waals surface area (Å²) in [6.45, 7) is -0.643. The van der Waals surface area contributed by atoms with Crippen LogP contribution in [-0.2, 0) is 13.8 Å². The van der Waals surface area contributed by atoms with Crippen LogP contribution in [0.3, 0.4) is 0 Å². The van der Waals surface area contributed by atoms with Crippen molar-refractivity contribution in [2.24, 2.45) is 0 Å². The van der Waals surface area contributed by atoms with Gasteiger partial charge in [0.2, 0.25) is 0 Å². The number of nitrogens with two attached hydrogens (primary N) is 1. The summed E-state index contributed by atoms with van der Waals surface area (Å²) in [5, 5.41) is 28.0. The fourth-order valence-corrected chi connectivity index (χ4v) is 2.50. The molecule has 2 heterocycles. The maximum Gasteiger partial charge on any atom is 0.549 e. The van der Waals surface area contributed by atoms with Gasteiger partial charge in [-0.1, -0.05) is 0 Å². The van der Waals surface area contributed by atoms with E-state index in [9.17, 15) is 24.5 Å². The summed E-state index contributed by atoms with van der Waals surface area (Å²) in [5.41, 5.74) is 4.17. The number of phosphoric ester groups is 1. The molecule has 1 aliphatic heterocycles. The minimum Gasteiger partial charge on any atom is -0.394 e. The zero-order valence-electron chi connectivity index (χ0n) is 10.9. The lowest BCUT2D eigenvalue weighted by Gasteiger charge is -2.19. The number of aromatic nitrogens is 2. The molecule has 6 N–H and O–H groups in total. The third-order valence-corrected chi connectivity index (χ3v) is 3.58. The van der Waals surface area contributed by atoms with E-state index in [2.05, 4.69) is 14.1 Å². The maximum absolute atomic E-state index is 11.8. The number of phosphoric acid groups is 1. The zero-order valence-corrected chi connectivity index (χ0v) is 11.8. The molecule has 1 aliphatic rings. The monoisotopic (exact) mass is 339 g/mol. The smallest absolute Gasteiger partial charge is 0.394 e. The van der Waals surface area contributed by atoms with E-state index in [1.54, 1.807) is 0 Å². The number of ether oxygens (including phenoxy) is 1. The van der Waals surface area contributed by atoms with Gasteiger partial charge in [-0.15, -0.1) is 4.73 Å². The number of hydrogen-bond acceptors (Lipinski definition) is 10. The summed E-state index contributed by atoms with van der Waals surface area (Å²) in [7, 11) is -4.90. The van der Waals surface area contributed by atoms with Gasteiger partial charge in [0.05, 0.1) is 12.8 Å². The molecule has 1 aromatic rings. The lowest BCUT2D eigenvalue weighted by Crippen LogP contribution is -2.35. The Labute approximate surface area is 122 Å². The average Bonchev–Trinajstić information content (AvgIpc) is 2.69. The fraction of sp³-hybridized carbons (Fsp3) is 0.556. The van der Waals surface area contributed by atoms with Gasteiger partial charge in [-0.25, -0.2) is 13.9 Å². The number of rotatable bonds is 5. The van der Waals surface area contributed by atoms with E-state index in [4.69, 9.17) is 15.6 Å². The molecular formula is C9H14N3O9P. The van der Waals surface area contributed by atoms with Gasteiger partial charge in [-0.2, -0.15) is 4.98 Å². The quantitative estimate of drug-likeness (QED) is 0.340. The van der Waals surface area contributed by atoms with E-state index in [-0.39, 0.29) is 5.82 Å². The lowest BCUT2D eigenvalue weighted by molar-refractivity contribution is -0.128. The van der Waals surface area contributed by atoms with Gasteiger partial charge in [0.1, 0.15) is 24.1 Å². The molecule has 0 aliphatic carbocycles. The minimum absolute atomic E-state index is 0.123. The van der Waals surface area contributed by atoms with Gasteiger partial charge < -0.3 is 30.4 Å². The van der Waals surface area contributed by atoms with E-state index in [1.165, 1.54) is 0 Å². The second-order valence-electron chi connectivity index (χ2n) is 4.32. The Hall–Kier alpha value is -1.53. The SMILES string of the molecule is Nc1ccn(OP(=O)(O)OC2O[C@H](CO)[C@@H](O)[C@H]2O)c(=O)n1. The van der Waals surface area contributed by atoms with Crippen molar-refractivity contribution in [3.8, 4) is 0 Å². The number of hydrogen-bond donors (Lipinski definition) is 5. The van der Waals surface area contributed by atoms with Crippen molar-refractivity contribution in [2.75, 3.05) is 12.3 Å². The predicted molar refractivity (Wildman–Crippen MR) is 68.2 cm³/mol. The highest BCUT2D eigenvalue weighted by atomic mass is 31.2. The molecule has 0 spiro atoms. The van der Waals surface area contributed by atoms with Crippen LogP contribution in [0.15, 0.2) is 17.1 Å². The number of aliphatic hydroxyl groups is 3. The Balaban J connectivity index is 2.08. The molecule has 0 saturated carbocycles. The van der Waals surface area contributed by atoms with Gasteiger partial charge in [-0.3, -0.25) is 4.89 Å². The molecule has 12 nitrogen and oxygen atoms in total. The van der Waals surface area contributed by atoms with Crippen LogP contribution >= 0.6 is 7.82 Å². The highest BCUT2D eigenvalue weighted by Crippen LogP contribution is 2.43. The molecule has 2 unspecified atom stereocenters. The number of aliphatic hydroxyl groups excluding tert-OH is 3. The van der Waals surface area contributed by atoms with Crippen molar-refractivity contribution >= 4 is 13.6 Å². The van der Waals surface area contributed by atoms with Crippen LogP contribution in [0, 0.1) is 0 Å². The predicted octanol–water partition coefficient (Wildman–Crippen LogP) is -3.19. The standard InChI is InChI=1S/C9H14N3O9P/c10-5-1-2-12(9(16)11-5)21-22(17,18)20-8-7(15)6(14)4(3-13)19-8/h1-2,4,6-8,13-15H,3H2,(H,17,18)(H2,10,11,16)/t4-,6-,7-,8?/m1/s1. The Kier molecular flexibility index (Phi) is 4.82. The first kappa shape index (κ1) is 16.8. The van der Waals surface area contributed by atoms with Crippen molar-refractivity contribution in [3.63, 3.8) is 0 Å². The second kappa shape index (κ2) is 6.30. The average molecular weight is 339 g/mol. The van der Waals surface area contributed by atoms with Crippen molar-refractivity contribution in [2.45, 2.75) is 24.6 Å². The van der Waals surface area contributed by atoms with Crippen LogP contribution < -0.4 is 16.0 Å². The zero-order chi connectivity index (χ0) is 16.5. The van der Waals surface area contributed by atoms with Gasteiger partial charge in [-0.05, 0) is 0 Å². The summed E-state index contributed by atoms with van der Waals surface area (Å²) in [6.07, 6.45) is -5.20. The first-order valence-corrected chi connectivity index (χ1v) is 7.42. The molecule has 1 saturated heterocycles. The largest absolute Gasteiger partial charge is 0.549 e. The van der Waals surface area contributed by atoms with Gasteiger partial charge in [0.25, 0.3) is 0 Å². The first-order valence-electron chi connectivity index (χ1n) is 5.92. The van der Waals surface area contributed by atoms with Crippen molar-refractivity contribution < 1.29 is 38.7 Å². The van der Waals surface area contributed by atoms with Crippen molar-refractivity contribution in [1.29, 1.82) is 0 Å². The molecule has 1 aromatic heterocycles. The summed E-state index contributed by atoms with van der Waals surface area (Å²) in [5.74, 6) is -0.123. The van der Waals surface area contributed by atoms with Crippen molar-refractivity contribution in [1.82, 2.24) is 9.71 Å². The number of nitrogens with zero attached hydrogens (tertiary/aromatic N) is 2. The Morgan fingerprint density at radius 3 is 2.68 bits per heavy atom. The minimum atomic E-state index is -4.90. The topological polar surface area (TPSA) is 187 Å². The molecule has 2 rings (SSSR count). The molecule has 22 heavy (non-hydrogen) atoms. The van der Waals surface area contributed by atoms with E-state index in [1.807, 2.05) is 0 Å². The highest BCUT2D eigenvalue weighted by Gasteiger charge is 2.47. The molecule has 0 radical (unpaired) electrons. The van der Waals surface area contributed by atoms with Gasteiger partial charge in [0, 0.05) is 6.07 Å². The lowest BCUT2D eigenvalue weighted by atomic mass is 10.1. The molecule has 0 amide bonds. The van der Waals surface area contributed by atoms with Gasteiger partial charge >= 0.3 is 13.5 Å². The van der Waals surface area contributed by atoms with E-state index >= 15 is 0 Å². The van der Waals surface area contributed by atoms with Crippen LogP contribution in [0.5, 0.6) is 0 Å².